The molecule has 1 aromatic carbocycles. The molecule has 0 radical (unpaired) electrons. The number of nitrogens with zero attached hydrogens (tertiary/aromatic N) is 1. The Balaban J connectivity index is 2.25. The van der Waals surface area contributed by atoms with E-state index in [1.165, 1.54) is 6.07 Å². The van der Waals surface area contributed by atoms with E-state index in [9.17, 15) is 4.79 Å². The Morgan fingerprint density at radius 3 is 2.72 bits per heavy atom. The van der Waals surface area contributed by atoms with Crippen molar-refractivity contribution in [2.24, 2.45) is 0 Å². The zero-order chi connectivity index (χ0) is 13.1. The minimum atomic E-state index is -0.314. The van der Waals surface area contributed by atoms with Crippen molar-refractivity contribution in [3.05, 3.63) is 56.7 Å². The van der Waals surface area contributed by atoms with Crippen molar-refractivity contribution < 1.29 is 4.79 Å². The number of carbonyl (C=O) groups excluding carboxylic acids is 1. The van der Waals surface area contributed by atoms with E-state index in [1.54, 1.807) is 30.5 Å². The number of anilines is 1. The molecule has 1 aromatic heterocycles. The zero-order valence-electron chi connectivity index (χ0n) is 8.95. The highest BCUT2D eigenvalue weighted by molar-refractivity contribution is 9.10. The van der Waals surface area contributed by atoms with Gasteiger partial charge in [0.15, 0.2) is 0 Å². The van der Waals surface area contributed by atoms with Crippen LogP contribution in [0.15, 0.2) is 41.1 Å². The Morgan fingerprint density at radius 2 is 2.06 bits per heavy atom. The summed E-state index contributed by atoms with van der Waals surface area (Å²) in [6.07, 6.45) is 1.62. The Bertz CT molecular complexity index is 604. The number of benzene rings is 1. The van der Waals surface area contributed by atoms with Crippen LogP contribution in [0.4, 0.5) is 5.69 Å². The van der Waals surface area contributed by atoms with Gasteiger partial charge in [0.05, 0.1) is 16.3 Å². The van der Waals surface area contributed by atoms with E-state index >= 15 is 0 Å². The average Bonchev–Trinajstić information content (AvgIpc) is 2.32. The molecular weight excluding hydrogens is 339 g/mol. The smallest absolute Gasteiger partial charge is 0.257 e. The maximum Gasteiger partial charge on any atom is 0.257 e. The van der Waals surface area contributed by atoms with Gasteiger partial charge in [-0.1, -0.05) is 23.2 Å². The molecule has 0 saturated heterocycles. The summed E-state index contributed by atoms with van der Waals surface area (Å²) in [7, 11) is 0. The van der Waals surface area contributed by atoms with Gasteiger partial charge in [0.2, 0.25) is 0 Å². The summed E-state index contributed by atoms with van der Waals surface area (Å²) in [6.45, 7) is 0. The Hall–Kier alpha value is -1.10. The number of aromatic nitrogens is 1. The molecule has 0 aliphatic carbocycles. The van der Waals surface area contributed by atoms with Crippen molar-refractivity contribution >= 4 is 50.7 Å². The van der Waals surface area contributed by atoms with E-state index < -0.39 is 0 Å². The first-order valence-corrected chi connectivity index (χ1v) is 6.50. The molecule has 2 aromatic rings. The van der Waals surface area contributed by atoms with Crippen LogP contribution in [-0.2, 0) is 0 Å². The minimum absolute atomic E-state index is 0.306. The Morgan fingerprint density at radius 1 is 1.28 bits per heavy atom. The zero-order valence-corrected chi connectivity index (χ0v) is 12.1. The lowest BCUT2D eigenvalue weighted by Crippen LogP contribution is -2.13. The number of pyridine rings is 1. The van der Waals surface area contributed by atoms with Gasteiger partial charge >= 0.3 is 0 Å². The van der Waals surface area contributed by atoms with Crippen LogP contribution in [0.25, 0.3) is 0 Å². The van der Waals surface area contributed by atoms with E-state index in [1.807, 2.05) is 0 Å². The molecule has 3 nitrogen and oxygen atoms in total. The van der Waals surface area contributed by atoms with Gasteiger partial charge in [-0.05, 0) is 46.3 Å². The number of hydrogen-bond donors (Lipinski definition) is 1. The fourth-order valence-electron chi connectivity index (χ4n) is 1.34. The van der Waals surface area contributed by atoms with E-state index in [4.69, 9.17) is 23.2 Å². The molecule has 1 amide bonds. The van der Waals surface area contributed by atoms with Gasteiger partial charge in [0.25, 0.3) is 5.91 Å². The summed E-state index contributed by atoms with van der Waals surface area (Å²) < 4.78 is 0.559. The number of halogens is 3. The quantitative estimate of drug-likeness (QED) is 0.819. The molecule has 1 N–H and O–H groups in total. The van der Waals surface area contributed by atoms with Crippen LogP contribution in [0.3, 0.4) is 0 Å². The third kappa shape index (κ3) is 3.02. The second-order valence-corrected chi connectivity index (χ2v) is 5.01. The van der Waals surface area contributed by atoms with E-state index in [2.05, 4.69) is 26.2 Å². The summed E-state index contributed by atoms with van der Waals surface area (Å²) >= 11 is 15.0. The lowest BCUT2D eigenvalue weighted by atomic mass is 10.2. The van der Waals surface area contributed by atoms with Gasteiger partial charge in [-0.15, -0.1) is 0 Å². The van der Waals surface area contributed by atoms with E-state index in [-0.39, 0.29) is 5.91 Å². The molecule has 2 rings (SSSR count). The third-order valence-electron chi connectivity index (χ3n) is 2.18. The van der Waals surface area contributed by atoms with Crippen LogP contribution in [-0.4, -0.2) is 10.9 Å². The van der Waals surface area contributed by atoms with Crippen molar-refractivity contribution in [3.8, 4) is 0 Å². The van der Waals surface area contributed by atoms with Crippen LogP contribution in [0.2, 0.25) is 10.0 Å². The summed E-state index contributed by atoms with van der Waals surface area (Å²) in [4.78, 5) is 16.0. The summed E-state index contributed by atoms with van der Waals surface area (Å²) in [6, 6.07) is 8.17. The second kappa shape index (κ2) is 5.69. The predicted molar refractivity (Wildman–Crippen MR) is 76.4 cm³/mol. The first-order valence-electron chi connectivity index (χ1n) is 4.95. The number of hydrogen-bond acceptors (Lipinski definition) is 2. The fourth-order valence-corrected chi connectivity index (χ4v) is 2.19. The molecule has 0 atom stereocenters. The first kappa shape index (κ1) is 13.3. The standard InChI is InChI=1S/C12H7BrCl2N2O/c13-11-10(2-1-5-16-11)17-12(18)8-4-3-7(14)6-9(8)15/h1-6H,(H,17,18). The number of nitrogens with one attached hydrogen (secondary N) is 1. The fraction of sp³-hybridized carbons (Fsp3) is 0. The highest BCUT2D eigenvalue weighted by Gasteiger charge is 2.12. The lowest BCUT2D eigenvalue weighted by Gasteiger charge is -2.07. The van der Waals surface area contributed by atoms with Crippen LogP contribution in [0.5, 0.6) is 0 Å². The SMILES string of the molecule is O=C(Nc1cccnc1Br)c1ccc(Cl)cc1Cl. The molecule has 6 heteroatoms. The van der Waals surface area contributed by atoms with Crippen molar-refractivity contribution in [1.82, 2.24) is 4.98 Å². The average molecular weight is 346 g/mol. The second-order valence-electron chi connectivity index (χ2n) is 3.42. The molecular formula is C12H7BrCl2N2O. The van der Waals surface area contributed by atoms with E-state index in [0.29, 0.717) is 25.9 Å². The Kier molecular flexibility index (Phi) is 4.22. The van der Waals surface area contributed by atoms with Gasteiger partial charge in [0, 0.05) is 11.2 Å². The maximum atomic E-state index is 12.0. The molecule has 0 aliphatic rings. The molecule has 1 heterocycles. The highest BCUT2D eigenvalue weighted by atomic mass is 79.9. The molecule has 92 valence electrons. The van der Waals surface area contributed by atoms with Crippen molar-refractivity contribution in [2.75, 3.05) is 5.32 Å². The van der Waals surface area contributed by atoms with Gasteiger partial charge in [-0.3, -0.25) is 4.79 Å². The molecule has 0 fully saturated rings. The van der Waals surface area contributed by atoms with Gasteiger partial charge in [-0.2, -0.15) is 0 Å². The lowest BCUT2D eigenvalue weighted by molar-refractivity contribution is 0.102. The van der Waals surface area contributed by atoms with Crippen molar-refractivity contribution in [2.45, 2.75) is 0 Å². The Labute approximate surface area is 122 Å². The molecule has 0 saturated carbocycles. The highest BCUT2D eigenvalue weighted by Crippen LogP contribution is 2.24. The normalized spacial score (nSPS) is 10.2. The first-order chi connectivity index (χ1) is 8.58. The molecule has 0 unspecified atom stereocenters. The number of carbonyl (C=O) groups is 1. The van der Waals surface area contributed by atoms with Gasteiger partial charge in [0.1, 0.15) is 4.60 Å². The maximum absolute atomic E-state index is 12.0. The van der Waals surface area contributed by atoms with Crippen LogP contribution in [0, 0.1) is 0 Å². The molecule has 0 spiro atoms. The predicted octanol–water partition coefficient (Wildman–Crippen LogP) is 4.40. The third-order valence-corrected chi connectivity index (χ3v) is 3.36. The largest absolute Gasteiger partial charge is 0.320 e. The van der Waals surface area contributed by atoms with Crippen LogP contribution >= 0.6 is 39.1 Å². The topological polar surface area (TPSA) is 42.0 Å². The van der Waals surface area contributed by atoms with Crippen LogP contribution in [0.1, 0.15) is 10.4 Å². The minimum Gasteiger partial charge on any atom is -0.320 e. The summed E-state index contributed by atoms with van der Waals surface area (Å²) in [5.41, 5.74) is 0.935. The number of rotatable bonds is 2. The van der Waals surface area contributed by atoms with Crippen LogP contribution < -0.4 is 5.32 Å². The summed E-state index contributed by atoms with van der Waals surface area (Å²) in [5, 5.41) is 3.50. The molecule has 0 bridgehead atoms. The number of amides is 1. The van der Waals surface area contributed by atoms with Gasteiger partial charge in [-0.25, -0.2) is 4.98 Å². The van der Waals surface area contributed by atoms with Gasteiger partial charge < -0.3 is 5.32 Å². The monoisotopic (exact) mass is 344 g/mol. The van der Waals surface area contributed by atoms with E-state index in [0.717, 1.165) is 0 Å². The molecule has 18 heavy (non-hydrogen) atoms. The molecule has 0 aliphatic heterocycles. The van der Waals surface area contributed by atoms with Crippen molar-refractivity contribution in [3.63, 3.8) is 0 Å². The van der Waals surface area contributed by atoms with Crippen molar-refractivity contribution in [1.29, 1.82) is 0 Å². The summed E-state index contributed by atoms with van der Waals surface area (Å²) in [5.74, 6) is -0.314.